The number of oxime groups is 1. The van der Waals surface area contributed by atoms with Crippen molar-refractivity contribution in [2.75, 3.05) is 0 Å². The van der Waals surface area contributed by atoms with Gasteiger partial charge in [0.1, 0.15) is 0 Å². The van der Waals surface area contributed by atoms with Crippen molar-refractivity contribution in [3.8, 4) is 0 Å². The molecular formula is C7H5ClN2O2. The SMILES string of the molecule is O=C(/C(Cl)=N/O)c1cccnc1. The second-order valence-electron chi connectivity index (χ2n) is 1.96. The Morgan fingerprint density at radius 2 is 2.42 bits per heavy atom. The number of Topliss-reactive ketones (excluding diaryl/α,β-unsaturated/α-hetero) is 1. The molecule has 1 N–H and O–H groups in total. The Morgan fingerprint density at radius 1 is 1.67 bits per heavy atom. The molecule has 12 heavy (non-hydrogen) atoms. The number of carbonyl (C=O) groups excluding carboxylic acids is 1. The summed E-state index contributed by atoms with van der Waals surface area (Å²) in [6.45, 7) is 0. The van der Waals surface area contributed by atoms with E-state index in [1.54, 1.807) is 6.07 Å². The molecule has 0 unspecified atom stereocenters. The van der Waals surface area contributed by atoms with Crippen LogP contribution in [0.25, 0.3) is 0 Å². The van der Waals surface area contributed by atoms with Crippen LogP contribution in [0.1, 0.15) is 10.4 Å². The highest BCUT2D eigenvalue weighted by molar-refractivity contribution is 6.84. The van der Waals surface area contributed by atoms with E-state index >= 15 is 0 Å². The van der Waals surface area contributed by atoms with Crippen molar-refractivity contribution in [2.45, 2.75) is 0 Å². The Labute approximate surface area is 73.5 Å². The van der Waals surface area contributed by atoms with Gasteiger partial charge in [-0.1, -0.05) is 16.8 Å². The maximum absolute atomic E-state index is 11.1. The van der Waals surface area contributed by atoms with Crippen LogP contribution in [0.15, 0.2) is 29.7 Å². The highest BCUT2D eigenvalue weighted by Gasteiger charge is 2.11. The minimum Gasteiger partial charge on any atom is -0.410 e. The van der Waals surface area contributed by atoms with Gasteiger partial charge in [0.05, 0.1) is 0 Å². The van der Waals surface area contributed by atoms with Crippen LogP contribution >= 0.6 is 11.6 Å². The van der Waals surface area contributed by atoms with E-state index in [1.807, 2.05) is 0 Å². The number of aromatic nitrogens is 1. The summed E-state index contributed by atoms with van der Waals surface area (Å²) in [5.41, 5.74) is 0.292. The lowest BCUT2D eigenvalue weighted by atomic mass is 10.2. The average molecular weight is 185 g/mol. The molecule has 4 nitrogen and oxygen atoms in total. The van der Waals surface area contributed by atoms with E-state index in [2.05, 4.69) is 10.1 Å². The summed E-state index contributed by atoms with van der Waals surface area (Å²) >= 11 is 5.27. The molecule has 1 heterocycles. The largest absolute Gasteiger partial charge is 0.410 e. The van der Waals surface area contributed by atoms with E-state index in [4.69, 9.17) is 16.8 Å². The minimum atomic E-state index is -0.549. The summed E-state index contributed by atoms with van der Waals surface area (Å²) < 4.78 is 0. The highest BCUT2D eigenvalue weighted by Crippen LogP contribution is 2.01. The van der Waals surface area contributed by atoms with E-state index in [1.165, 1.54) is 18.5 Å². The molecule has 1 aromatic rings. The molecule has 1 rings (SSSR count). The van der Waals surface area contributed by atoms with E-state index in [0.717, 1.165) is 0 Å². The van der Waals surface area contributed by atoms with Gasteiger partial charge in [0.25, 0.3) is 0 Å². The van der Waals surface area contributed by atoms with Gasteiger partial charge in [-0.3, -0.25) is 9.78 Å². The summed E-state index contributed by atoms with van der Waals surface area (Å²) in [6.07, 6.45) is 2.87. The Bertz CT molecular complexity index is 310. The van der Waals surface area contributed by atoms with E-state index in [9.17, 15) is 4.79 Å². The number of hydrogen-bond donors (Lipinski definition) is 1. The topological polar surface area (TPSA) is 62.5 Å². The van der Waals surface area contributed by atoms with Crippen molar-refractivity contribution < 1.29 is 10.0 Å². The van der Waals surface area contributed by atoms with Crippen molar-refractivity contribution in [2.24, 2.45) is 5.16 Å². The lowest BCUT2D eigenvalue weighted by Gasteiger charge is -1.93. The molecule has 0 aliphatic carbocycles. The predicted octanol–water partition coefficient (Wildman–Crippen LogP) is 1.29. The van der Waals surface area contributed by atoms with Crippen LogP contribution in [0.4, 0.5) is 0 Å². The fourth-order valence-electron chi connectivity index (χ4n) is 0.662. The van der Waals surface area contributed by atoms with Gasteiger partial charge in [-0.25, -0.2) is 0 Å². The maximum atomic E-state index is 11.1. The fourth-order valence-corrected chi connectivity index (χ4v) is 0.771. The van der Waals surface area contributed by atoms with Crippen LogP contribution in [0.3, 0.4) is 0 Å². The molecule has 0 amide bonds. The van der Waals surface area contributed by atoms with Gasteiger partial charge >= 0.3 is 0 Å². The predicted molar refractivity (Wildman–Crippen MR) is 43.6 cm³/mol. The first-order valence-electron chi connectivity index (χ1n) is 3.08. The molecule has 0 saturated heterocycles. The lowest BCUT2D eigenvalue weighted by molar-refractivity contribution is 0.106. The van der Waals surface area contributed by atoms with Crippen LogP contribution < -0.4 is 0 Å². The lowest BCUT2D eigenvalue weighted by Crippen LogP contribution is -2.07. The summed E-state index contributed by atoms with van der Waals surface area (Å²) in [4.78, 5) is 14.8. The molecule has 0 radical (unpaired) electrons. The standard InChI is InChI=1S/C7H5ClN2O2/c8-7(10-12)6(11)5-2-1-3-9-4-5/h1-4,12H/b10-7-. The Hall–Kier alpha value is -1.42. The normalized spacial score (nSPS) is 11.2. The molecular weight excluding hydrogens is 180 g/mol. The van der Waals surface area contributed by atoms with Crippen LogP contribution in [0.2, 0.25) is 0 Å². The zero-order chi connectivity index (χ0) is 8.97. The summed E-state index contributed by atoms with van der Waals surface area (Å²) in [5, 5.41) is 10.3. The molecule has 62 valence electrons. The highest BCUT2D eigenvalue weighted by atomic mass is 35.5. The first-order chi connectivity index (χ1) is 5.75. The van der Waals surface area contributed by atoms with Crippen molar-refractivity contribution in [1.29, 1.82) is 0 Å². The van der Waals surface area contributed by atoms with Gasteiger partial charge in [0.15, 0.2) is 0 Å². The van der Waals surface area contributed by atoms with Crippen molar-refractivity contribution in [1.82, 2.24) is 4.98 Å². The molecule has 1 aromatic heterocycles. The van der Waals surface area contributed by atoms with Gasteiger partial charge < -0.3 is 5.21 Å². The van der Waals surface area contributed by atoms with Gasteiger partial charge in [-0.15, -0.1) is 0 Å². The third kappa shape index (κ3) is 1.79. The first kappa shape index (κ1) is 8.67. The molecule has 0 fully saturated rings. The molecule has 0 aliphatic rings. The molecule has 0 spiro atoms. The van der Waals surface area contributed by atoms with Gasteiger partial charge in [0.2, 0.25) is 11.0 Å². The Morgan fingerprint density at radius 3 is 2.92 bits per heavy atom. The van der Waals surface area contributed by atoms with Crippen molar-refractivity contribution in [3.05, 3.63) is 30.1 Å². The van der Waals surface area contributed by atoms with Crippen LogP contribution in [0, 0.1) is 0 Å². The summed E-state index contributed by atoms with van der Waals surface area (Å²) in [7, 11) is 0. The molecule has 5 heteroatoms. The van der Waals surface area contributed by atoms with Crippen LogP contribution in [-0.4, -0.2) is 21.1 Å². The number of rotatable bonds is 2. The van der Waals surface area contributed by atoms with E-state index in [-0.39, 0.29) is 0 Å². The van der Waals surface area contributed by atoms with Crippen molar-refractivity contribution >= 4 is 22.6 Å². The number of pyridine rings is 1. The summed E-state index contributed by atoms with van der Waals surface area (Å²) in [5.74, 6) is -0.549. The first-order valence-corrected chi connectivity index (χ1v) is 3.46. The minimum absolute atomic E-state index is 0.292. The Kier molecular flexibility index (Phi) is 2.76. The third-order valence-electron chi connectivity index (χ3n) is 1.20. The smallest absolute Gasteiger partial charge is 0.227 e. The molecule has 0 aliphatic heterocycles. The number of hydrogen-bond acceptors (Lipinski definition) is 4. The number of halogens is 1. The van der Waals surface area contributed by atoms with Gasteiger partial charge in [0, 0.05) is 18.0 Å². The van der Waals surface area contributed by atoms with Crippen LogP contribution in [0.5, 0.6) is 0 Å². The quantitative estimate of drug-likeness (QED) is 0.326. The summed E-state index contributed by atoms with van der Waals surface area (Å²) in [6, 6.07) is 3.12. The average Bonchev–Trinajstić information content (AvgIpc) is 2.17. The molecule has 0 saturated carbocycles. The zero-order valence-electron chi connectivity index (χ0n) is 5.94. The van der Waals surface area contributed by atoms with E-state index < -0.39 is 11.0 Å². The number of nitrogens with zero attached hydrogens (tertiary/aromatic N) is 2. The van der Waals surface area contributed by atoms with Crippen LogP contribution in [-0.2, 0) is 0 Å². The molecule has 0 aromatic carbocycles. The number of carbonyl (C=O) groups is 1. The second-order valence-corrected chi connectivity index (χ2v) is 2.32. The molecule has 0 atom stereocenters. The second kappa shape index (κ2) is 3.82. The monoisotopic (exact) mass is 184 g/mol. The number of ketones is 1. The van der Waals surface area contributed by atoms with Crippen molar-refractivity contribution in [3.63, 3.8) is 0 Å². The van der Waals surface area contributed by atoms with Gasteiger partial charge in [-0.2, -0.15) is 0 Å². The van der Waals surface area contributed by atoms with Gasteiger partial charge in [-0.05, 0) is 12.1 Å². The Balaban J connectivity index is 2.94. The third-order valence-corrected chi connectivity index (χ3v) is 1.45. The zero-order valence-corrected chi connectivity index (χ0v) is 6.69. The fraction of sp³-hybridized carbons (Fsp3) is 0. The van der Waals surface area contributed by atoms with E-state index in [0.29, 0.717) is 5.56 Å². The maximum Gasteiger partial charge on any atom is 0.227 e. The molecule has 0 bridgehead atoms.